The van der Waals surface area contributed by atoms with Crippen LogP contribution in [0.15, 0.2) is 4.99 Å². The van der Waals surface area contributed by atoms with Crippen molar-refractivity contribution in [1.82, 2.24) is 16.0 Å². The number of nitrogens with one attached hydrogen (secondary N) is 3. The molecule has 0 aromatic rings. The molecular weight excluding hydrogens is 412 g/mol. The fraction of sp³-hybridized carbons (Fsp3) is 0.706. The van der Waals surface area contributed by atoms with Crippen molar-refractivity contribution >= 4 is 29.7 Å². The van der Waals surface area contributed by atoms with Crippen LogP contribution in [0.25, 0.3) is 0 Å². The summed E-state index contributed by atoms with van der Waals surface area (Å²) in [5.74, 6) is -3.47. The van der Waals surface area contributed by atoms with E-state index in [2.05, 4.69) is 20.9 Å². The number of carboxylic acids is 1. The van der Waals surface area contributed by atoms with Gasteiger partial charge in [-0.3, -0.25) is 19.4 Å². The number of nitrogens with zero attached hydrogens (tertiary/aromatic N) is 1. The quantitative estimate of drug-likeness (QED) is 0.0624. The number of aliphatic hydroxyl groups is 1. The molecule has 3 amide bonds. The predicted molar refractivity (Wildman–Crippen MR) is 112 cm³/mol. The first-order valence-electron chi connectivity index (χ1n) is 9.84. The molecule has 0 spiro atoms. The predicted octanol–water partition coefficient (Wildman–Crippen LogP) is -4.34. The zero-order valence-electron chi connectivity index (χ0n) is 17.4. The minimum atomic E-state index is -1.50. The van der Waals surface area contributed by atoms with Crippen LogP contribution >= 0.6 is 0 Å². The van der Waals surface area contributed by atoms with Crippen molar-refractivity contribution in [3.05, 3.63) is 0 Å². The second-order valence-corrected chi connectivity index (χ2v) is 6.76. The second kappa shape index (κ2) is 15.8. The average molecular weight is 447 g/mol. The van der Waals surface area contributed by atoms with Gasteiger partial charge in [-0.25, -0.2) is 4.79 Å². The van der Waals surface area contributed by atoms with E-state index in [9.17, 15) is 19.2 Å². The Bertz CT molecular complexity index is 626. The lowest BCUT2D eigenvalue weighted by atomic mass is 10.1. The fourth-order valence-corrected chi connectivity index (χ4v) is 2.41. The third-order valence-electron chi connectivity index (χ3n) is 4.12. The summed E-state index contributed by atoms with van der Waals surface area (Å²) < 4.78 is 0. The molecule has 0 aromatic carbocycles. The number of unbranched alkanes of at least 4 members (excludes halogenated alkanes) is 1. The van der Waals surface area contributed by atoms with E-state index in [0.717, 1.165) is 0 Å². The molecule has 0 rings (SSSR count). The van der Waals surface area contributed by atoms with E-state index in [1.165, 1.54) is 0 Å². The number of aliphatic carboxylic acids is 1. The van der Waals surface area contributed by atoms with Crippen molar-refractivity contribution in [1.29, 1.82) is 0 Å². The number of amides is 3. The summed E-state index contributed by atoms with van der Waals surface area (Å²) in [6.45, 7) is -0.534. The number of carboxylic acid groups (broad SMARTS) is 1. The van der Waals surface area contributed by atoms with Crippen LogP contribution in [0.4, 0.5) is 0 Å². The van der Waals surface area contributed by atoms with Crippen LogP contribution in [0.3, 0.4) is 0 Å². The maximum Gasteiger partial charge on any atom is 0.328 e. The van der Waals surface area contributed by atoms with Crippen molar-refractivity contribution < 1.29 is 29.4 Å². The summed E-state index contributed by atoms with van der Waals surface area (Å²) in [7, 11) is 0. The lowest BCUT2D eigenvalue weighted by Gasteiger charge is -2.21. The van der Waals surface area contributed by atoms with Gasteiger partial charge >= 0.3 is 5.97 Å². The number of rotatable bonds is 16. The number of hydrogen-bond acceptors (Lipinski definition) is 8. The van der Waals surface area contributed by atoms with Crippen LogP contribution in [-0.2, 0) is 19.2 Å². The van der Waals surface area contributed by atoms with Crippen molar-refractivity contribution in [3.63, 3.8) is 0 Å². The zero-order valence-corrected chi connectivity index (χ0v) is 17.4. The largest absolute Gasteiger partial charge is 0.480 e. The Morgan fingerprint density at radius 2 is 1.61 bits per heavy atom. The molecule has 0 aromatic heterocycles. The molecule has 31 heavy (non-hydrogen) atoms. The summed E-state index contributed by atoms with van der Waals surface area (Å²) in [6.07, 6.45) is 2.06. The van der Waals surface area contributed by atoms with Crippen molar-refractivity contribution in [2.24, 2.45) is 27.9 Å². The van der Waals surface area contributed by atoms with Crippen LogP contribution in [0, 0.1) is 0 Å². The number of hydrogen-bond donors (Lipinski definition) is 9. The van der Waals surface area contributed by atoms with Gasteiger partial charge in [0.15, 0.2) is 5.96 Å². The molecule has 0 saturated carbocycles. The summed E-state index contributed by atoms with van der Waals surface area (Å²) in [4.78, 5) is 51.2. The number of carbonyl (C=O) groups is 4. The first-order valence-corrected chi connectivity index (χ1v) is 9.84. The molecule has 13 N–H and O–H groups in total. The van der Waals surface area contributed by atoms with Gasteiger partial charge in [0.25, 0.3) is 0 Å². The third kappa shape index (κ3) is 13.0. The number of guanidine groups is 1. The number of carbonyl (C=O) groups excluding carboxylic acids is 3. The monoisotopic (exact) mass is 446 g/mol. The van der Waals surface area contributed by atoms with Gasteiger partial charge in [0.05, 0.1) is 19.2 Å². The summed E-state index contributed by atoms with van der Waals surface area (Å²) in [6, 6.07) is -3.43. The number of nitrogens with two attached hydrogens (primary N) is 4. The lowest BCUT2D eigenvalue weighted by molar-refractivity contribution is -0.143. The maximum absolute atomic E-state index is 12.3. The molecule has 14 heteroatoms. The van der Waals surface area contributed by atoms with Gasteiger partial charge in [0, 0.05) is 6.54 Å². The first kappa shape index (κ1) is 28.0. The van der Waals surface area contributed by atoms with Gasteiger partial charge in [-0.2, -0.15) is 0 Å². The van der Waals surface area contributed by atoms with Crippen LogP contribution in [0.1, 0.15) is 32.1 Å². The van der Waals surface area contributed by atoms with Crippen molar-refractivity contribution in [2.45, 2.75) is 50.2 Å². The summed E-state index contributed by atoms with van der Waals surface area (Å²) >= 11 is 0. The molecule has 0 aliphatic carbocycles. The van der Waals surface area contributed by atoms with Gasteiger partial charge in [0.2, 0.25) is 17.7 Å². The Labute approximate surface area is 180 Å². The van der Waals surface area contributed by atoms with Gasteiger partial charge in [-0.1, -0.05) is 0 Å². The van der Waals surface area contributed by atoms with E-state index in [0.29, 0.717) is 38.8 Å². The SMILES string of the molecule is NCCCCC(NC(=O)CNC(=O)C(N)CCCN=C(N)N)C(=O)NC(CO)C(=O)O. The molecule has 0 aliphatic rings. The minimum Gasteiger partial charge on any atom is -0.480 e. The third-order valence-corrected chi connectivity index (χ3v) is 4.12. The highest BCUT2D eigenvalue weighted by Crippen LogP contribution is 2.02. The van der Waals surface area contributed by atoms with Crippen LogP contribution in [-0.4, -0.2) is 84.2 Å². The van der Waals surface area contributed by atoms with Gasteiger partial charge in [-0.15, -0.1) is 0 Å². The molecule has 0 heterocycles. The van der Waals surface area contributed by atoms with Crippen molar-refractivity contribution in [3.8, 4) is 0 Å². The van der Waals surface area contributed by atoms with E-state index in [1.807, 2.05) is 0 Å². The lowest BCUT2D eigenvalue weighted by Crippen LogP contribution is -2.54. The topological polar surface area (TPSA) is 261 Å². The molecule has 3 atom stereocenters. The Balaban J connectivity index is 4.66. The van der Waals surface area contributed by atoms with E-state index in [4.69, 9.17) is 33.1 Å². The second-order valence-electron chi connectivity index (χ2n) is 6.76. The molecule has 3 unspecified atom stereocenters. The fourth-order valence-electron chi connectivity index (χ4n) is 2.41. The van der Waals surface area contributed by atoms with E-state index in [1.54, 1.807) is 0 Å². The standard InChI is InChI=1S/C17H34N8O6/c18-6-2-1-5-11(15(29)25-12(9-26)16(30)31)24-13(27)8-23-14(28)10(19)4-3-7-22-17(20)21/h10-12,26H,1-9,18-19H2,(H,23,28)(H,24,27)(H,25,29)(H,30,31)(H4,20,21,22). The van der Waals surface area contributed by atoms with Crippen LogP contribution in [0.5, 0.6) is 0 Å². The Kier molecular flexibility index (Phi) is 14.3. The van der Waals surface area contributed by atoms with Gasteiger partial charge < -0.3 is 49.1 Å². The van der Waals surface area contributed by atoms with Crippen LogP contribution in [0.2, 0.25) is 0 Å². The molecule has 0 aliphatic heterocycles. The van der Waals surface area contributed by atoms with Crippen LogP contribution < -0.4 is 38.9 Å². The maximum atomic E-state index is 12.3. The Morgan fingerprint density at radius 3 is 2.16 bits per heavy atom. The van der Waals surface area contributed by atoms with Gasteiger partial charge in [-0.05, 0) is 38.6 Å². The number of aliphatic hydroxyl groups excluding tert-OH is 1. The van der Waals surface area contributed by atoms with E-state index < -0.39 is 55.0 Å². The molecule has 0 saturated heterocycles. The van der Waals surface area contributed by atoms with E-state index >= 15 is 0 Å². The molecule has 0 radical (unpaired) electrons. The zero-order chi connectivity index (χ0) is 23.8. The highest BCUT2D eigenvalue weighted by Gasteiger charge is 2.26. The van der Waals surface area contributed by atoms with Gasteiger partial charge in [0.1, 0.15) is 12.1 Å². The molecule has 178 valence electrons. The molecular formula is C17H34N8O6. The molecule has 0 bridgehead atoms. The summed E-state index contributed by atoms with van der Waals surface area (Å²) in [5.41, 5.74) is 21.6. The highest BCUT2D eigenvalue weighted by atomic mass is 16.4. The van der Waals surface area contributed by atoms with Crippen molar-refractivity contribution in [2.75, 3.05) is 26.2 Å². The average Bonchev–Trinajstić information content (AvgIpc) is 2.71. The summed E-state index contributed by atoms with van der Waals surface area (Å²) in [5, 5.41) is 24.9. The Hall–Kier alpha value is -2.97. The minimum absolute atomic E-state index is 0.0617. The normalized spacial score (nSPS) is 13.4. The highest BCUT2D eigenvalue weighted by molar-refractivity contribution is 5.92. The molecule has 14 nitrogen and oxygen atoms in total. The smallest absolute Gasteiger partial charge is 0.328 e. The van der Waals surface area contributed by atoms with E-state index in [-0.39, 0.29) is 12.4 Å². The first-order chi connectivity index (χ1) is 14.6. The Morgan fingerprint density at radius 1 is 0.935 bits per heavy atom. The number of aliphatic imine (C=N–C) groups is 1. The molecule has 0 fully saturated rings.